The Morgan fingerprint density at radius 1 is 1.14 bits per heavy atom. The van der Waals surface area contributed by atoms with Gasteiger partial charge in [-0.05, 0) is 35.4 Å². The maximum absolute atomic E-state index is 12.4. The average molecular weight is 379 g/mol. The van der Waals surface area contributed by atoms with Crippen LogP contribution in [0.2, 0.25) is 0 Å². The number of aryl methyl sites for hydroxylation is 1. The summed E-state index contributed by atoms with van der Waals surface area (Å²) in [6, 6.07) is 12.3. The van der Waals surface area contributed by atoms with E-state index < -0.39 is 0 Å². The zero-order valence-electron chi connectivity index (χ0n) is 15.7. The van der Waals surface area contributed by atoms with Crippen LogP contribution in [0, 0.1) is 0 Å². The normalized spacial score (nSPS) is 10.4. The van der Waals surface area contributed by atoms with Crippen LogP contribution in [-0.2, 0) is 20.2 Å². The lowest BCUT2D eigenvalue weighted by Crippen LogP contribution is -2.27. The fraction of sp³-hybridized carbons (Fsp3) is 0.190. The number of pyridine rings is 2. The van der Waals surface area contributed by atoms with Crippen LogP contribution in [0.5, 0.6) is 11.5 Å². The molecule has 0 radical (unpaired) electrons. The molecule has 0 saturated carbocycles. The largest absolute Gasteiger partial charge is 0.497 e. The fourth-order valence-corrected chi connectivity index (χ4v) is 2.64. The van der Waals surface area contributed by atoms with E-state index in [2.05, 4.69) is 10.3 Å². The molecule has 1 aromatic carbocycles. The van der Waals surface area contributed by atoms with Crippen LogP contribution in [0.1, 0.15) is 21.6 Å². The second-order valence-electron chi connectivity index (χ2n) is 6.18. The Labute approximate surface area is 162 Å². The van der Waals surface area contributed by atoms with Crippen LogP contribution in [0.25, 0.3) is 0 Å². The number of amides is 1. The zero-order valence-corrected chi connectivity index (χ0v) is 15.7. The second-order valence-corrected chi connectivity index (χ2v) is 6.18. The minimum absolute atomic E-state index is 0.177. The molecule has 3 rings (SSSR count). The summed E-state index contributed by atoms with van der Waals surface area (Å²) >= 11 is 0. The molecular weight excluding hydrogens is 358 g/mol. The smallest absolute Gasteiger partial charge is 0.268 e. The average Bonchev–Trinajstić information content (AvgIpc) is 2.73. The van der Waals surface area contributed by atoms with Gasteiger partial charge in [-0.3, -0.25) is 14.6 Å². The summed E-state index contributed by atoms with van der Waals surface area (Å²) in [5, 5.41) is 2.79. The van der Waals surface area contributed by atoms with Crippen molar-refractivity contribution in [2.75, 3.05) is 7.11 Å². The Bertz CT molecular complexity index is 1020. The number of nitrogens with zero attached hydrogens (tertiary/aromatic N) is 2. The first-order valence-electron chi connectivity index (χ1n) is 8.70. The summed E-state index contributed by atoms with van der Waals surface area (Å²) in [4.78, 5) is 28.7. The minimum atomic E-state index is -0.352. The van der Waals surface area contributed by atoms with Crippen LogP contribution < -0.4 is 20.2 Å². The molecule has 0 aliphatic carbocycles. The summed E-state index contributed by atoms with van der Waals surface area (Å²) < 4.78 is 12.4. The highest BCUT2D eigenvalue weighted by Crippen LogP contribution is 2.15. The molecule has 0 spiro atoms. The van der Waals surface area contributed by atoms with Gasteiger partial charge in [0, 0.05) is 32.1 Å². The number of ether oxygens (including phenoxy) is 2. The zero-order chi connectivity index (χ0) is 19.9. The van der Waals surface area contributed by atoms with Gasteiger partial charge in [-0.15, -0.1) is 0 Å². The number of nitrogens with one attached hydrogen (secondary N) is 1. The summed E-state index contributed by atoms with van der Waals surface area (Å²) in [5.41, 5.74) is 1.70. The summed E-state index contributed by atoms with van der Waals surface area (Å²) in [7, 11) is 3.29. The molecule has 0 bridgehead atoms. The number of rotatable bonds is 7. The number of benzene rings is 1. The molecule has 144 valence electrons. The number of carbonyl (C=O) groups excluding carboxylic acids is 1. The van der Waals surface area contributed by atoms with Crippen LogP contribution in [0.15, 0.2) is 65.8 Å². The van der Waals surface area contributed by atoms with E-state index in [9.17, 15) is 9.59 Å². The van der Waals surface area contributed by atoms with E-state index in [1.54, 1.807) is 31.1 Å². The summed E-state index contributed by atoms with van der Waals surface area (Å²) in [6.07, 6.45) is 4.83. The molecule has 0 unspecified atom stereocenters. The highest BCUT2D eigenvalue weighted by Gasteiger charge is 2.13. The molecule has 28 heavy (non-hydrogen) atoms. The Hall–Kier alpha value is -3.61. The maximum Gasteiger partial charge on any atom is 0.268 e. The molecule has 0 atom stereocenters. The molecule has 7 nitrogen and oxygen atoms in total. The molecule has 3 aromatic rings. The van der Waals surface area contributed by atoms with Gasteiger partial charge >= 0.3 is 0 Å². The van der Waals surface area contributed by atoms with Crippen LogP contribution in [-0.4, -0.2) is 22.6 Å². The van der Waals surface area contributed by atoms with Crippen LogP contribution in [0.3, 0.4) is 0 Å². The number of aromatic nitrogens is 2. The minimum Gasteiger partial charge on any atom is -0.497 e. The molecule has 0 aliphatic rings. The highest BCUT2D eigenvalue weighted by atomic mass is 16.5. The Kier molecular flexibility index (Phi) is 6.06. The standard InChI is InChI=1S/C21H21N3O4/c1-24-13-20(28-14-16-4-3-5-17(10-16)27-2)19(25)11-18(24)21(26)23-12-15-6-8-22-9-7-15/h3-11,13H,12,14H2,1-2H3,(H,23,26). The van der Waals surface area contributed by atoms with Gasteiger partial charge < -0.3 is 19.4 Å². The van der Waals surface area contributed by atoms with Gasteiger partial charge in [0.1, 0.15) is 18.1 Å². The number of hydrogen-bond donors (Lipinski definition) is 1. The van der Waals surface area contributed by atoms with Crippen molar-refractivity contribution in [3.05, 3.63) is 88.1 Å². The monoisotopic (exact) mass is 379 g/mol. The fourth-order valence-electron chi connectivity index (χ4n) is 2.64. The predicted octanol–water partition coefficient (Wildman–Crippen LogP) is 2.30. The van der Waals surface area contributed by atoms with E-state index in [4.69, 9.17) is 9.47 Å². The quantitative estimate of drug-likeness (QED) is 0.681. The van der Waals surface area contributed by atoms with Gasteiger partial charge in [0.15, 0.2) is 5.75 Å². The van der Waals surface area contributed by atoms with Gasteiger partial charge in [-0.2, -0.15) is 0 Å². The maximum atomic E-state index is 12.4. The van der Waals surface area contributed by atoms with E-state index in [0.29, 0.717) is 6.54 Å². The molecular formula is C21H21N3O4. The van der Waals surface area contributed by atoms with E-state index in [-0.39, 0.29) is 29.4 Å². The van der Waals surface area contributed by atoms with Gasteiger partial charge in [0.2, 0.25) is 5.43 Å². The molecule has 0 saturated heterocycles. The number of hydrogen-bond acceptors (Lipinski definition) is 5. The molecule has 7 heteroatoms. The number of carbonyl (C=O) groups is 1. The molecule has 1 N–H and O–H groups in total. The molecule has 2 aromatic heterocycles. The molecule has 0 fully saturated rings. The third-order valence-electron chi connectivity index (χ3n) is 4.17. The van der Waals surface area contributed by atoms with Crippen molar-refractivity contribution in [3.8, 4) is 11.5 Å². The molecule has 0 aliphatic heterocycles. The van der Waals surface area contributed by atoms with Crippen molar-refractivity contribution in [1.29, 1.82) is 0 Å². The SMILES string of the molecule is COc1cccc(COc2cn(C)c(C(=O)NCc3ccncc3)cc2=O)c1. The van der Waals surface area contributed by atoms with Crippen LogP contribution in [0.4, 0.5) is 0 Å². The first kappa shape index (κ1) is 19.2. The van der Waals surface area contributed by atoms with Gasteiger partial charge in [0.05, 0.1) is 13.3 Å². The lowest BCUT2D eigenvalue weighted by Gasteiger charge is -2.12. The van der Waals surface area contributed by atoms with Gasteiger partial charge in [0.25, 0.3) is 5.91 Å². The van der Waals surface area contributed by atoms with Gasteiger partial charge in [-0.1, -0.05) is 12.1 Å². The van der Waals surface area contributed by atoms with E-state index >= 15 is 0 Å². The molecule has 2 heterocycles. The Morgan fingerprint density at radius 3 is 2.68 bits per heavy atom. The van der Waals surface area contributed by atoms with Crippen molar-refractivity contribution in [2.24, 2.45) is 7.05 Å². The van der Waals surface area contributed by atoms with Crippen molar-refractivity contribution in [3.63, 3.8) is 0 Å². The Balaban J connectivity index is 1.68. The molecule has 1 amide bonds. The van der Waals surface area contributed by atoms with E-state index in [1.165, 1.54) is 12.3 Å². The van der Waals surface area contributed by atoms with Crippen molar-refractivity contribution in [2.45, 2.75) is 13.2 Å². The lowest BCUT2D eigenvalue weighted by molar-refractivity contribution is 0.0941. The topological polar surface area (TPSA) is 82.4 Å². The van der Waals surface area contributed by atoms with Gasteiger partial charge in [-0.25, -0.2) is 0 Å². The Morgan fingerprint density at radius 2 is 1.93 bits per heavy atom. The van der Waals surface area contributed by atoms with E-state index in [0.717, 1.165) is 16.9 Å². The first-order chi connectivity index (χ1) is 13.6. The lowest BCUT2D eigenvalue weighted by atomic mass is 10.2. The summed E-state index contributed by atoms with van der Waals surface area (Å²) in [6.45, 7) is 0.573. The third kappa shape index (κ3) is 4.76. The van der Waals surface area contributed by atoms with E-state index in [1.807, 2.05) is 36.4 Å². The number of methoxy groups -OCH3 is 1. The van der Waals surface area contributed by atoms with Crippen LogP contribution >= 0.6 is 0 Å². The second kappa shape index (κ2) is 8.85. The highest BCUT2D eigenvalue weighted by molar-refractivity contribution is 5.92. The third-order valence-corrected chi connectivity index (χ3v) is 4.17. The van der Waals surface area contributed by atoms with Crippen molar-refractivity contribution < 1.29 is 14.3 Å². The first-order valence-corrected chi connectivity index (χ1v) is 8.70. The summed E-state index contributed by atoms with van der Waals surface area (Å²) in [5.74, 6) is 0.557. The van der Waals surface area contributed by atoms with Crippen molar-refractivity contribution in [1.82, 2.24) is 14.9 Å². The predicted molar refractivity (Wildman–Crippen MR) is 104 cm³/mol. The van der Waals surface area contributed by atoms with Crippen molar-refractivity contribution >= 4 is 5.91 Å².